The quantitative estimate of drug-likeness (QED) is 0.678. The summed E-state index contributed by atoms with van der Waals surface area (Å²) in [5.41, 5.74) is -1.01. The summed E-state index contributed by atoms with van der Waals surface area (Å²) >= 11 is 6.06. The molecule has 4 amide bonds. The normalized spacial score (nSPS) is 26.0. The Balaban J connectivity index is 1.77. The van der Waals surface area contributed by atoms with Gasteiger partial charge in [-0.1, -0.05) is 32.4 Å². The van der Waals surface area contributed by atoms with Gasteiger partial charge in [-0.3, -0.25) is 14.5 Å². The summed E-state index contributed by atoms with van der Waals surface area (Å²) in [6.45, 7) is 5.70. The van der Waals surface area contributed by atoms with Crippen LogP contribution in [-0.4, -0.2) is 49.5 Å². The fraction of sp³-hybridized carbons (Fsp3) is 0.550. The maximum atomic E-state index is 13.1. The highest BCUT2D eigenvalue weighted by Crippen LogP contribution is 2.46. The molecule has 1 spiro atoms. The summed E-state index contributed by atoms with van der Waals surface area (Å²) in [6.07, 6.45) is 3.03. The molecule has 1 saturated carbocycles. The molecule has 30 heavy (non-hydrogen) atoms. The predicted octanol–water partition coefficient (Wildman–Crippen LogP) is 2.82. The topological polar surface area (TPSA) is 113 Å². The maximum Gasteiger partial charge on any atom is 0.325 e. The molecule has 3 rings (SSSR count). The lowest BCUT2D eigenvalue weighted by atomic mass is 9.64. The van der Waals surface area contributed by atoms with Gasteiger partial charge in [-0.2, -0.15) is 0 Å². The van der Waals surface area contributed by atoms with Crippen molar-refractivity contribution in [3.63, 3.8) is 0 Å². The first kappa shape index (κ1) is 22.6. The Bertz CT molecular complexity index is 1020. The molecule has 1 aliphatic carbocycles. The lowest BCUT2D eigenvalue weighted by molar-refractivity contribution is -0.136. The van der Waals surface area contributed by atoms with Crippen LogP contribution >= 0.6 is 11.6 Å². The SMILES string of the molecule is C[C@H]1CC(C)(C)C[C@@]2(C1)NC(=O)N(CC(=O)Nc1cc(S(C)(=O)=O)ccc1Cl)C2=O. The van der Waals surface area contributed by atoms with Gasteiger partial charge in [0, 0.05) is 6.26 Å². The number of carbonyl (C=O) groups excluding carboxylic acids is 3. The van der Waals surface area contributed by atoms with Crippen molar-refractivity contribution in [1.82, 2.24) is 10.2 Å². The van der Waals surface area contributed by atoms with Gasteiger partial charge in [0.2, 0.25) is 5.91 Å². The van der Waals surface area contributed by atoms with Gasteiger partial charge < -0.3 is 10.6 Å². The van der Waals surface area contributed by atoms with Crippen LogP contribution in [0, 0.1) is 11.3 Å². The first-order valence-electron chi connectivity index (χ1n) is 9.66. The summed E-state index contributed by atoms with van der Waals surface area (Å²) in [6, 6.07) is 3.34. The summed E-state index contributed by atoms with van der Waals surface area (Å²) in [7, 11) is -3.49. The average Bonchev–Trinajstić information content (AvgIpc) is 2.77. The number of halogens is 1. The number of amides is 4. The summed E-state index contributed by atoms with van der Waals surface area (Å²) in [5, 5.41) is 5.46. The van der Waals surface area contributed by atoms with E-state index in [1.807, 2.05) is 6.92 Å². The van der Waals surface area contributed by atoms with Crippen LogP contribution < -0.4 is 10.6 Å². The third kappa shape index (κ3) is 4.46. The number of benzene rings is 1. The predicted molar refractivity (Wildman–Crippen MR) is 113 cm³/mol. The molecule has 0 bridgehead atoms. The van der Waals surface area contributed by atoms with Crippen LogP contribution in [-0.2, 0) is 19.4 Å². The lowest BCUT2D eigenvalue weighted by Crippen LogP contribution is -2.54. The molecule has 2 fully saturated rings. The third-order valence-corrected chi connectivity index (χ3v) is 7.01. The zero-order chi connectivity index (χ0) is 22.5. The molecule has 1 heterocycles. The minimum absolute atomic E-state index is 0.00503. The highest BCUT2D eigenvalue weighted by atomic mass is 35.5. The maximum absolute atomic E-state index is 13.1. The molecule has 164 valence electrons. The van der Waals surface area contributed by atoms with Crippen molar-refractivity contribution < 1.29 is 22.8 Å². The largest absolute Gasteiger partial charge is 0.325 e. The van der Waals surface area contributed by atoms with Crippen LogP contribution in [0.15, 0.2) is 23.1 Å². The number of urea groups is 1. The van der Waals surface area contributed by atoms with Crippen LogP contribution in [0.5, 0.6) is 0 Å². The second kappa shape index (κ2) is 7.53. The minimum atomic E-state index is -3.49. The van der Waals surface area contributed by atoms with E-state index in [-0.39, 0.29) is 26.9 Å². The van der Waals surface area contributed by atoms with E-state index in [9.17, 15) is 22.8 Å². The summed E-state index contributed by atoms with van der Waals surface area (Å²) in [5.74, 6) is -0.797. The second-order valence-electron chi connectivity index (χ2n) is 9.22. The molecular formula is C20H26ClN3O5S. The molecule has 1 aromatic carbocycles. The molecule has 8 nitrogen and oxygen atoms in total. The van der Waals surface area contributed by atoms with Crippen LogP contribution in [0.2, 0.25) is 5.02 Å². The van der Waals surface area contributed by atoms with E-state index in [4.69, 9.17) is 11.6 Å². The molecule has 1 saturated heterocycles. The van der Waals surface area contributed by atoms with Crippen LogP contribution in [0.1, 0.15) is 40.0 Å². The van der Waals surface area contributed by atoms with E-state index in [2.05, 4.69) is 24.5 Å². The molecule has 1 aromatic rings. The van der Waals surface area contributed by atoms with Gasteiger partial charge in [0.1, 0.15) is 12.1 Å². The number of nitrogens with one attached hydrogen (secondary N) is 2. The van der Waals surface area contributed by atoms with Gasteiger partial charge in [-0.15, -0.1) is 0 Å². The van der Waals surface area contributed by atoms with E-state index >= 15 is 0 Å². The molecule has 2 atom stereocenters. The lowest BCUT2D eigenvalue weighted by Gasteiger charge is -2.43. The number of imide groups is 1. The van der Waals surface area contributed by atoms with Crippen molar-refractivity contribution >= 4 is 45.0 Å². The Morgan fingerprint density at radius 2 is 1.97 bits per heavy atom. The molecule has 10 heteroatoms. The Labute approximate surface area is 181 Å². The first-order chi connectivity index (χ1) is 13.7. The van der Waals surface area contributed by atoms with Gasteiger partial charge in [-0.25, -0.2) is 13.2 Å². The van der Waals surface area contributed by atoms with Crippen molar-refractivity contribution in [3.8, 4) is 0 Å². The number of hydrogen-bond donors (Lipinski definition) is 2. The third-order valence-electron chi connectivity index (χ3n) is 5.57. The monoisotopic (exact) mass is 455 g/mol. The first-order valence-corrected chi connectivity index (χ1v) is 11.9. The molecule has 2 aliphatic rings. The molecule has 0 aromatic heterocycles. The Hall–Kier alpha value is -2.13. The molecule has 2 N–H and O–H groups in total. The number of anilines is 1. The van der Waals surface area contributed by atoms with Crippen molar-refractivity contribution in [3.05, 3.63) is 23.2 Å². The summed E-state index contributed by atoms with van der Waals surface area (Å²) in [4.78, 5) is 39.1. The second-order valence-corrected chi connectivity index (χ2v) is 11.6. The Morgan fingerprint density at radius 3 is 2.57 bits per heavy atom. The van der Waals surface area contributed by atoms with Crippen LogP contribution in [0.25, 0.3) is 0 Å². The Morgan fingerprint density at radius 1 is 1.30 bits per heavy atom. The van der Waals surface area contributed by atoms with Crippen LogP contribution in [0.4, 0.5) is 10.5 Å². The van der Waals surface area contributed by atoms with Crippen molar-refractivity contribution in [2.75, 3.05) is 18.1 Å². The van der Waals surface area contributed by atoms with E-state index in [1.54, 1.807) is 0 Å². The molecular weight excluding hydrogens is 430 g/mol. The van der Waals surface area contributed by atoms with Gasteiger partial charge in [0.25, 0.3) is 5.91 Å². The zero-order valence-electron chi connectivity index (χ0n) is 17.4. The summed E-state index contributed by atoms with van der Waals surface area (Å²) < 4.78 is 23.5. The van der Waals surface area contributed by atoms with E-state index in [1.165, 1.54) is 18.2 Å². The van der Waals surface area contributed by atoms with Gasteiger partial charge in [-0.05, 0) is 48.8 Å². The van der Waals surface area contributed by atoms with Gasteiger partial charge in [0.05, 0.1) is 15.6 Å². The number of hydrogen-bond acceptors (Lipinski definition) is 5. The molecule has 0 unspecified atom stereocenters. The highest BCUT2D eigenvalue weighted by molar-refractivity contribution is 7.90. The fourth-order valence-electron chi connectivity index (χ4n) is 4.81. The highest BCUT2D eigenvalue weighted by Gasteiger charge is 2.56. The molecule has 1 aliphatic heterocycles. The van der Waals surface area contributed by atoms with E-state index in [0.29, 0.717) is 12.8 Å². The average molecular weight is 456 g/mol. The minimum Gasteiger partial charge on any atom is -0.323 e. The van der Waals surface area contributed by atoms with Crippen LogP contribution in [0.3, 0.4) is 0 Å². The number of nitrogens with zero attached hydrogens (tertiary/aromatic N) is 1. The number of carbonyl (C=O) groups is 3. The number of sulfone groups is 1. The van der Waals surface area contributed by atoms with Gasteiger partial charge in [0.15, 0.2) is 9.84 Å². The van der Waals surface area contributed by atoms with E-state index in [0.717, 1.165) is 17.6 Å². The fourth-order valence-corrected chi connectivity index (χ4v) is 5.63. The van der Waals surface area contributed by atoms with Crippen molar-refractivity contribution in [2.45, 2.75) is 50.5 Å². The van der Waals surface area contributed by atoms with Crippen molar-refractivity contribution in [1.29, 1.82) is 0 Å². The smallest absolute Gasteiger partial charge is 0.323 e. The zero-order valence-corrected chi connectivity index (χ0v) is 19.0. The van der Waals surface area contributed by atoms with Crippen molar-refractivity contribution in [2.24, 2.45) is 11.3 Å². The standard InChI is InChI=1S/C20H26ClN3O5S/c1-12-8-19(2,3)11-20(9-12)17(26)24(18(27)23-20)10-16(25)22-15-7-13(30(4,28)29)5-6-14(15)21/h5-7,12H,8-11H2,1-4H3,(H,22,25)(H,23,27)/t12-,20+/m0/s1. The molecule has 0 radical (unpaired) electrons. The number of rotatable bonds is 4. The Kier molecular flexibility index (Phi) is 5.66. The van der Waals surface area contributed by atoms with Gasteiger partial charge >= 0.3 is 6.03 Å². The van der Waals surface area contributed by atoms with E-state index < -0.39 is 39.8 Å².